The van der Waals surface area contributed by atoms with Crippen molar-refractivity contribution >= 4 is 11.8 Å². The van der Waals surface area contributed by atoms with Gasteiger partial charge in [0.1, 0.15) is 0 Å². The number of nitrogens with two attached hydrogens (primary N) is 1. The molecule has 1 aliphatic carbocycles. The molecule has 1 saturated carbocycles. The summed E-state index contributed by atoms with van der Waals surface area (Å²) in [6.45, 7) is 4.95. The number of hydrogen-bond donors (Lipinski definition) is 1. The Hall–Kier alpha value is 0.270. The van der Waals surface area contributed by atoms with Crippen LogP contribution < -0.4 is 5.73 Å². The third kappa shape index (κ3) is 2.65. The second-order valence-corrected chi connectivity index (χ2v) is 6.29. The SMILES string of the molecule is CC1CN(C2CCC(N)CC2)CCS1. The van der Waals surface area contributed by atoms with Crippen molar-refractivity contribution in [1.82, 2.24) is 4.90 Å². The predicted octanol–water partition coefficient (Wildman–Crippen LogP) is 1.69. The minimum Gasteiger partial charge on any atom is -0.328 e. The molecule has 0 aromatic rings. The van der Waals surface area contributed by atoms with Gasteiger partial charge in [0.25, 0.3) is 0 Å². The van der Waals surface area contributed by atoms with Gasteiger partial charge >= 0.3 is 0 Å². The van der Waals surface area contributed by atoms with E-state index in [2.05, 4.69) is 23.6 Å². The van der Waals surface area contributed by atoms with Gasteiger partial charge in [-0.15, -0.1) is 0 Å². The standard InChI is InChI=1S/C11H22N2S/c1-9-8-13(6-7-14-9)11-4-2-10(12)3-5-11/h9-11H,2-8,12H2,1H3. The summed E-state index contributed by atoms with van der Waals surface area (Å²) >= 11 is 2.12. The summed E-state index contributed by atoms with van der Waals surface area (Å²) in [6, 6.07) is 1.33. The van der Waals surface area contributed by atoms with Crippen LogP contribution in [0.4, 0.5) is 0 Å². The summed E-state index contributed by atoms with van der Waals surface area (Å²) in [7, 11) is 0. The van der Waals surface area contributed by atoms with Crippen LogP contribution in [0.1, 0.15) is 32.6 Å². The van der Waals surface area contributed by atoms with E-state index in [0.717, 1.165) is 11.3 Å². The summed E-state index contributed by atoms with van der Waals surface area (Å²) in [5.41, 5.74) is 5.93. The zero-order chi connectivity index (χ0) is 9.97. The van der Waals surface area contributed by atoms with E-state index in [0.29, 0.717) is 6.04 Å². The van der Waals surface area contributed by atoms with Crippen molar-refractivity contribution in [2.45, 2.75) is 49.9 Å². The molecule has 2 N–H and O–H groups in total. The summed E-state index contributed by atoms with van der Waals surface area (Å²) < 4.78 is 0. The van der Waals surface area contributed by atoms with Crippen molar-refractivity contribution < 1.29 is 0 Å². The Morgan fingerprint density at radius 1 is 1.21 bits per heavy atom. The van der Waals surface area contributed by atoms with Crippen LogP contribution in [-0.2, 0) is 0 Å². The van der Waals surface area contributed by atoms with Crippen molar-refractivity contribution in [3.8, 4) is 0 Å². The highest BCUT2D eigenvalue weighted by molar-refractivity contribution is 7.99. The van der Waals surface area contributed by atoms with Gasteiger partial charge < -0.3 is 5.73 Å². The molecule has 2 rings (SSSR count). The van der Waals surface area contributed by atoms with Gasteiger partial charge in [-0.2, -0.15) is 11.8 Å². The quantitative estimate of drug-likeness (QED) is 0.720. The number of hydrogen-bond acceptors (Lipinski definition) is 3. The molecule has 3 heteroatoms. The molecule has 14 heavy (non-hydrogen) atoms. The second-order valence-electron chi connectivity index (χ2n) is 4.74. The molecule has 1 heterocycles. The van der Waals surface area contributed by atoms with Crippen LogP contribution in [0.5, 0.6) is 0 Å². The second kappa shape index (κ2) is 4.86. The average Bonchev–Trinajstić information content (AvgIpc) is 2.19. The molecule has 0 spiro atoms. The molecule has 1 saturated heterocycles. The van der Waals surface area contributed by atoms with Crippen LogP contribution in [0.2, 0.25) is 0 Å². The first-order chi connectivity index (χ1) is 6.75. The Balaban J connectivity index is 1.82. The van der Waals surface area contributed by atoms with E-state index in [4.69, 9.17) is 5.73 Å². The molecule has 2 fully saturated rings. The largest absolute Gasteiger partial charge is 0.328 e. The van der Waals surface area contributed by atoms with Gasteiger partial charge in [0.05, 0.1) is 0 Å². The Morgan fingerprint density at radius 3 is 2.57 bits per heavy atom. The lowest BCUT2D eigenvalue weighted by Crippen LogP contribution is -2.46. The van der Waals surface area contributed by atoms with Gasteiger partial charge in [0, 0.05) is 36.2 Å². The lowest BCUT2D eigenvalue weighted by molar-refractivity contribution is 0.156. The van der Waals surface area contributed by atoms with Crippen LogP contribution in [-0.4, -0.2) is 41.1 Å². The molecule has 0 bridgehead atoms. The van der Waals surface area contributed by atoms with E-state index in [-0.39, 0.29) is 0 Å². The molecule has 82 valence electrons. The Morgan fingerprint density at radius 2 is 1.93 bits per heavy atom. The smallest absolute Gasteiger partial charge is 0.0147 e. The van der Waals surface area contributed by atoms with Gasteiger partial charge in [0.2, 0.25) is 0 Å². The van der Waals surface area contributed by atoms with Crippen molar-refractivity contribution in [3.05, 3.63) is 0 Å². The maximum absolute atomic E-state index is 5.93. The Kier molecular flexibility index (Phi) is 3.74. The van der Waals surface area contributed by atoms with Gasteiger partial charge in [-0.05, 0) is 25.7 Å². The first kappa shape index (κ1) is 10.8. The van der Waals surface area contributed by atoms with Crippen molar-refractivity contribution in [2.24, 2.45) is 5.73 Å². The van der Waals surface area contributed by atoms with Crippen molar-refractivity contribution in [1.29, 1.82) is 0 Å². The molecular weight excluding hydrogens is 192 g/mol. The van der Waals surface area contributed by atoms with E-state index < -0.39 is 0 Å². The van der Waals surface area contributed by atoms with Crippen molar-refractivity contribution in [2.75, 3.05) is 18.8 Å². The maximum Gasteiger partial charge on any atom is 0.0147 e. The number of nitrogens with zero attached hydrogens (tertiary/aromatic N) is 1. The van der Waals surface area contributed by atoms with Gasteiger partial charge in [-0.25, -0.2) is 0 Å². The van der Waals surface area contributed by atoms with Crippen LogP contribution in [0.3, 0.4) is 0 Å². The molecule has 1 aliphatic heterocycles. The van der Waals surface area contributed by atoms with E-state index in [9.17, 15) is 0 Å². The first-order valence-corrected chi connectivity index (χ1v) is 6.92. The molecule has 2 aliphatic rings. The molecule has 0 aromatic carbocycles. The van der Waals surface area contributed by atoms with Gasteiger partial charge in [-0.3, -0.25) is 4.90 Å². The highest BCUT2D eigenvalue weighted by atomic mass is 32.2. The molecule has 1 atom stereocenters. The molecule has 0 amide bonds. The Bertz CT molecular complexity index is 178. The van der Waals surface area contributed by atoms with Crippen LogP contribution >= 0.6 is 11.8 Å². The van der Waals surface area contributed by atoms with E-state index in [1.54, 1.807) is 0 Å². The molecule has 0 aromatic heterocycles. The monoisotopic (exact) mass is 214 g/mol. The number of thioether (sulfide) groups is 1. The fraction of sp³-hybridized carbons (Fsp3) is 1.00. The Labute approximate surface area is 91.6 Å². The summed E-state index contributed by atoms with van der Waals surface area (Å²) in [4.78, 5) is 2.70. The van der Waals surface area contributed by atoms with E-state index >= 15 is 0 Å². The molecular formula is C11H22N2S. The van der Waals surface area contributed by atoms with Gasteiger partial charge in [-0.1, -0.05) is 6.92 Å². The lowest BCUT2D eigenvalue weighted by atomic mass is 9.90. The highest BCUT2D eigenvalue weighted by Gasteiger charge is 2.27. The fourth-order valence-corrected chi connectivity index (χ4v) is 3.68. The first-order valence-electron chi connectivity index (χ1n) is 5.87. The third-order valence-corrected chi connectivity index (χ3v) is 4.67. The van der Waals surface area contributed by atoms with E-state index in [1.807, 2.05) is 0 Å². The maximum atomic E-state index is 5.93. The van der Waals surface area contributed by atoms with Gasteiger partial charge in [0.15, 0.2) is 0 Å². The summed E-state index contributed by atoms with van der Waals surface area (Å²) in [6.07, 6.45) is 5.14. The minimum absolute atomic E-state index is 0.489. The third-order valence-electron chi connectivity index (χ3n) is 3.53. The fourth-order valence-electron chi connectivity index (χ4n) is 2.64. The molecule has 2 nitrogen and oxygen atoms in total. The normalized spacial score (nSPS) is 41.1. The average molecular weight is 214 g/mol. The zero-order valence-corrected chi connectivity index (χ0v) is 9.93. The predicted molar refractivity (Wildman–Crippen MR) is 63.7 cm³/mol. The molecule has 0 radical (unpaired) electrons. The minimum atomic E-state index is 0.489. The van der Waals surface area contributed by atoms with Crippen LogP contribution in [0.15, 0.2) is 0 Å². The summed E-state index contributed by atoms with van der Waals surface area (Å²) in [5.74, 6) is 1.32. The van der Waals surface area contributed by atoms with Crippen molar-refractivity contribution in [3.63, 3.8) is 0 Å². The summed E-state index contributed by atoms with van der Waals surface area (Å²) in [5, 5.41) is 0.833. The van der Waals surface area contributed by atoms with Crippen LogP contribution in [0, 0.1) is 0 Å². The van der Waals surface area contributed by atoms with E-state index in [1.165, 1.54) is 44.5 Å². The number of rotatable bonds is 1. The zero-order valence-electron chi connectivity index (χ0n) is 9.11. The van der Waals surface area contributed by atoms with Crippen LogP contribution in [0.25, 0.3) is 0 Å². The topological polar surface area (TPSA) is 29.3 Å². The lowest BCUT2D eigenvalue weighted by Gasteiger charge is -2.40. The highest BCUT2D eigenvalue weighted by Crippen LogP contribution is 2.26. The molecule has 1 unspecified atom stereocenters.